The molecule has 0 fully saturated rings. The van der Waals surface area contributed by atoms with Gasteiger partial charge in [0.25, 0.3) is 11.8 Å². The van der Waals surface area contributed by atoms with Crippen molar-refractivity contribution in [1.82, 2.24) is 9.88 Å². The van der Waals surface area contributed by atoms with Crippen LogP contribution >= 0.6 is 11.8 Å². The van der Waals surface area contributed by atoms with E-state index in [-0.39, 0.29) is 18.4 Å². The Morgan fingerprint density at radius 1 is 0.897 bits per heavy atom. The van der Waals surface area contributed by atoms with Crippen molar-refractivity contribution in [2.75, 3.05) is 7.11 Å². The lowest BCUT2D eigenvalue weighted by molar-refractivity contribution is -0.137. The molecule has 0 unspecified atom stereocenters. The molecule has 0 bridgehead atoms. The third-order valence-electron chi connectivity index (χ3n) is 4.51. The number of amides is 2. The number of aromatic nitrogens is 1. The zero-order valence-corrected chi connectivity index (χ0v) is 16.6. The number of pyridine rings is 1. The first-order chi connectivity index (χ1) is 14.2. The average Bonchev–Trinajstić information content (AvgIpc) is 2.99. The molecule has 29 heavy (non-hydrogen) atoms. The van der Waals surface area contributed by atoms with E-state index in [9.17, 15) is 9.59 Å². The van der Waals surface area contributed by atoms with Crippen LogP contribution in [0.25, 0.3) is 5.57 Å². The number of benzene rings is 2. The van der Waals surface area contributed by atoms with Gasteiger partial charge in [0, 0.05) is 11.1 Å². The van der Waals surface area contributed by atoms with Crippen LogP contribution in [0.4, 0.5) is 0 Å². The molecule has 2 heterocycles. The van der Waals surface area contributed by atoms with Gasteiger partial charge >= 0.3 is 0 Å². The van der Waals surface area contributed by atoms with Crippen LogP contribution in [0.15, 0.2) is 88.8 Å². The maximum absolute atomic E-state index is 13.3. The highest BCUT2D eigenvalue weighted by molar-refractivity contribution is 8.04. The van der Waals surface area contributed by atoms with E-state index < -0.39 is 0 Å². The summed E-state index contributed by atoms with van der Waals surface area (Å²) in [5.74, 6) is 0.0679. The quantitative estimate of drug-likeness (QED) is 0.580. The van der Waals surface area contributed by atoms with Crippen LogP contribution < -0.4 is 4.74 Å². The largest absolute Gasteiger partial charge is 0.497 e. The second-order valence-corrected chi connectivity index (χ2v) is 7.45. The predicted octanol–water partition coefficient (Wildman–Crippen LogP) is 4.16. The summed E-state index contributed by atoms with van der Waals surface area (Å²) in [4.78, 5) is 33.3. The number of hydrogen-bond acceptors (Lipinski definition) is 5. The lowest BCUT2D eigenvalue weighted by atomic mass is 10.1. The molecule has 0 spiro atoms. The van der Waals surface area contributed by atoms with Gasteiger partial charge in [-0.15, -0.1) is 0 Å². The molecule has 0 saturated heterocycles. The summed E-state index contributed by atoms with van der Waals surface area (Å²) in [6.45, 7) is 0.136. The maximum Gasteiger partial charge on any atom is 0.268 e. The van der Waals surface area contributed by atoms with E-state index in [0.29, 0.717) is 27.5 Å². The summed E-state index contributed by atoms with van der Waals surface area (Å²) in [5.41, 5.74) is 1.75. The third kappa shape index (κ3) is 3.93. The average molecular weight is 402 g/mol. The van der Waals surface area contributed by atoms with Crippen molar-refractivity contribution in [2.45, 2.75) is 11.4 Å². The van der Waals surface area contributed by atoms with Crippen molar-refractivity contribution < 1.29 is 14.3 Å². The first-order valence-electron chi connectivity index (χ1n) is 9.05. The zero-order valence-electron chi connectivity index (χ0n) is 15.7. The second-order valence-electron chi connectivity index (χ2n) is 6.37. The maximum atomic E-state index is 13.3. The van der Waals surface area contributed by atoms with Crippen LogP contribution in [0.2, 0.25) is 0 Å². The first kappa shape index (κ1) is 19.0. The molecule has 0 saturated carbocycles. The Bertz CT molecular complexity index is 1060. The SMILES string of the molecule is COc1ccc(C2=C(Sc3ccccc3)C(=O)N(Cc3ccccn3)C2=O)cc1. The summed E-state index contributed by atoms with van der Waals surface area (Å²) < 4.78 is 5.21. The molecule has 0 aliphatic carbocycles. The number of hydrogen-bond donors (Lipinski definition) is 0. The number of carbonyl (C=O) groups excluding carboxylic acids is 2. The van der Waals surface area contributed by atoms with E-state index in [4.69, 9.17) is 4.74 Å². The summed E-state index contributed by atoms with van der Waals surface area (Å²) in [6.07, 6.45) is 1.65. The molecular formula is C23H18N2O3S. The van der Waals surface area contributed by atoms with Gasteiger partial charge < -0.3 is 4.74 Å². The minimum absolute atomic E-state index is 0.136. The molecule has 6 heteroatoms. The van der Waals surface area contributed by atoms with Crippen LogP contribution in [-0.4, -0.2) is 28.8 Å². The Balaban J connectivity index is 1.73. The van der Waals surface area contributed by atoms with Crippen LogP contribution in [0.5, 0.6) is 5.75 Å². The van der Waals surface area contributed by atoms with Crippen molar-refractivity contribution >= 4 is 29.1 Å². The Labute approximate surface area is 173 Å². The van der Waals surface area contributed by atoms with Crippen LogP contribution in [0, 0.1) is 0 Å². The standard InChI is InChI=1S/C23H18N2O3S/c1-28-18-12-10-16(11-13-18)20-21(29-19-8-3-2-4-9-19)23(27)25(22(20)26)15-17-7-5-6-14-24-17/h2-14H,15H2,1H3. The zero-order chi connectivity index (χ0) is 20.2. The minimum atomic E-state index is -0.316. The number of ether oxygens (including phenoxy) is 1. The van der Waals surface area contributed by atoms with Crippen molar-refractivity contribution in [3.8, 4) is 5.75 Å². The number of methoxy groups -OCH3 is 1. The third-order valence-corrected chi connectivity index (χ3v) is 5.60. The summed E-state index contributed by atoms with van der Waals surface area (Å²) in [7, 11) is 1.59. The van der Waals surface area contributed by atoms with Crippen molar-refractivity contribution in [1.29, 1.82) is 0 Å². The topological polar surface area (TPSA) is 59.5 Å². The smallest absolute Gasteiger partial charge is 0.268 e. The van der Waals surface area contributed by atoms with Gasteiger partial charge in [0.2, 0.25) is 0 Å². The monoisotopic (exact) mass is 402 g/mol. The van der Waals surface area contributed by atoms with Gasteiger partial charge in [-0.3, -0.25) is 19.5 Å². The number of carbonyl (C=O) groups is 2. The summed E-state index contributed by atoms with van der Waals surface area (Å²) in [6, 6.07) is 22.2. The molecule has 144 valence electrons. The number of nitrogens with zero attached hydrogens (tertiary/aromatic N) is 2. The van der Waals surface area contributed by atoms with Crippen LogP contribution in [0.1, 0.15) is 11.3 Å². The molecule has 4 rings (SSSR count). The molecule has 0 N–H and O–H groups in total. The van der Waals surface area contributed by atoms with E-state index in [0.717, 1.165) is 4.90 Å². The van der Waals surface area contributed by atoms with Gasteiger partial charge in [-0.1, -0.05) is 48.2 Å². The first-order valence-corrected chi connectivity index (χ1v) is 9.86. The molecular weight excluding hydrogens is 384 g/mol. The predicted molar refractivity (Wildman–Crippen MR) is 112 cm³/mol. The van der Waals surface area contributed by atoms with Gasteiger partial charge in [0.05, 0.1) is 29.8 Å². The van der Waals surface area contributed by atoms with E-state index in [2.05, 4.69) is 4.98 Å². The van der Waals surface area contributed by atoms with Gasteiger partial charge in [0.1, 0.15) is 5.75 Å². The summed E-state index contributed by atoms with van der Waals surface area (Å²) >= 11 is 1.31. The molecule has 1 aliphatic rings. The van der Waals surface area contributed by atoms with Gasteiger partial charge in [-0.05, 0) is 42.0 Å². The van der Waals surface area contributed by atoms with Gasteiger partial charge in [-0.2, -0.15) is 0 Å². The molecule has 3 aromatic rings. The molecule has 2 aromatic carbocycles. The normalized spacial score (nSPS) is 13.9. The highest BCUT2D eigenvalue weighted by Crippen LogP contribution is 2.40. The van der Waals surface area contributed by atoms with E-state index in [1.54, 1.807) is 49.7 Å². The Morgan fingerprint density at radius 3 is 2.28 bits per heavy atom. The number of rotatable bonds is 6. The molecule has 1 aromatic heterocycles. The fraction of sp³-hybridized carbons (Fsp3) is 0.0870. The van der Waals surface area contributed by atoms with Crippen LogP contribution in [0.3, 0.4) is 0 Å². The minimum Gasteiger partial charge on any atom is -0.497 e. The fourth-order valence-corrected chi connectivity index (χ4v) is 4.10. The highest BCUT2D eigenvalue weighted by Gasteiger charge is 2.39. The van der Waals surface area contributed by atoms with E-state index in [1.807, 2.05) is 36.4 Å². The molecule has 0 radical (unpaired) electrons. The molecule has 5 nitrogen and oxygen atoms in total. The molecule has 1 aliphatic heterocycles. The van der Waals surface area contributed by atoms with E-state index in [1.165, 1.54) is 16.7 Å². The fourth-order valence-electron chi connectivity index (χ4n) is 3.06. The van der Waals surface area contributed by atoms with E-state index >= 15 is 0 Å². The number of imide groups is 1. The molecule has 0 atom stereocenters. The van der Waals surface area contributed by atoms with Crippen molar-refractivity contribution in [3.05, 3.63) is 95.2 Å². The Hall–Kier alpha value is -3.38. The summed E-state index contributed by atoms with van der Waals surface area (Å²) in [5, 5.41) is 0. The number of thioether (sulfide) groups is 1. The lowest BCUT2D eigenvalue weighted by Crippen LogP contribution is -2.31. The van der Waals surface area contributed by atoms with Crippen molar-refractivity contribution in [2.24, 2.45) is 0 Å². The Morgan fingerprint density at radius 2 is 1.62 bits per heavy atom. The highest BCUT2D eigenvalue weighted by atomic mass is 32.2. The second kappa shape index (κ2) is 8.32. The van der Waals surface area contributed by atoms with Crippen molar-refractivity contribution in [3.63, 3.8) is 0 Å². The lowest BCUT2D eigenvalue weighted by Gasteiger charge is -2.14. The van der Waals surface area contributed by atoms with Crippen LogP contribution in [-0.2, 0) is 16.1 Å². The molecule has 2 amide bonds. The van der Waals surface area contributed by atoms with Gasteiger partial charge in [0.15, 0.2) is 0 Å². The Kier molecular flexibility index (Phi) is 5.44. The van der Waals surface area contributed by atoms with Gasteiger partial charge in [-0.25, -0.2) is 0 Å².